The second-order valence-corrected chi connectivity index (χ2v) is 4.99. The number of nitrogens with one attached hydrogen (secondary N) is 4. The molecule has 0 amide bonds. The van der Waals surface area contributed by atoms with Crippen molar-refractivity contribution in [3.05, 3.63) is 59.3 Å². The lowest BCUT2D eigenvalue weighted by molar-refractivity contribution is 0.448. The molecule has 0 aliphatic carbocycles. The second kappa shape index (κ2) is 6.88. The molecule has 0 bridgehead atoms. The molecule has 0 atom stereocenters. The zero-order valence-electron chi connectivity index (χ0n) is 11.3. The van der Waals surface area contributed by atoms with Crippen LogP contribution in [-0.4, -0.2) is 30.1 Å². The Balaban J connectivity index is 2.30. The summed E-state index contributed by atoms with van der Waals surface area (Å²) in [5, 5.41) is 19.1. The van der Waals surface area contributed by atoms with Gasteiger partial charge in [-0.3, -0.25) is 19.6 Å². The van der Waals surface area contributed by atoms with Crippen molar-refractivity contribution in [2.45, 2.75) is 0 Å². The number of allylic oxidation sites excluding steroid dienone is 2. The molecule has 0 unspecified atom stereocenters. The fraction of sp³-hybridized carbons (Fsp3) is 0. The van der Waals surface area contributed by atoms with E-state index in [0.717, 1.165) is 0 Å². The first-order valence-corrected chi connectivity index (χ1v) is 6.90. The van der Waals surface area contributed by atoms with E-state index in [9.17, 15) is 19.8 Å². The van der Waals surface area contributed by atoms with E-state index in [1.807, 2.05) is 0 Å². The monoisotopic (exact) mass is 350 g/mol. The largest absolute Gasteiger partial charge is 0.494 e. The molecule has 0 fully saturated rings. The van der Waals surface area contributed by atoms with E-state index in [2.05, 4.69) is 25.7 Å². The summed E-state index contributed by atoms with van der Waals surface area (Å²) in [6.45, 7) is 0. The molecule has 2 aromatic heterocycles. The van der Waals surface area contributed by atoms with Crippen molar-refractivity contribution >= 4 is 36.6 Å². The molecule has 118 valence electrons. The number of rotatable bonds is 3. The lowest BCUT2D eigenvalue weighted by atomic mass is 10.2. The zero-order valence-corrected chi connectivity index (χ0v) is 13.0. The predicted molar refractivity (Wildman–Crippen MR) is 89.4 cm³/mol. The first-order chi connectivity index (χ1) is 10.9. The first-order valence-electron chi connectivity index (χ1n) is 6.09. The number of aromatic amines is 4. The van der Waals surface area contributed by atoms with Crippen LogP contribution in [0.1, 0.15) is 11.1 Å². The second-order valence-electron chi connectivity index (χ2n) is 4.18. The van der Waals surface area contributed by atoms with E-state index in [0.29, 0.717) is 0 Å². The Morgan fingerprint density at radius 2 is 1.39 bits per heavy atom. The highest BCUT2D eigenvalue weighted by Crippen LogP contribution is 2.09. The summed E-state index contributed by atoms with van der Waals surface area (Å²) in [4.78, 5) is 32.6. The number of aromatic nitrogens is 4. The molecule has 0 saturated heterocycles. The van der Waals surface area contributed by atoms with Crippen LogP contribution in [0.5, 0.6) is 11.8 Å². The van der Waals surface area contributed by atoms with Gasteiger partial charge in [0.2, 0.25) is 11.8 Å². The standard InChI is InChI=1S/C13H10N4O4S2/c18-8-6(9(19)15-12(22)14-8)4-2-1-3-5-7-10(20)16-13(23)17-11(7)21/h1-2,4-5H,(H3,14,15,18,19,22)(H3,16,17,20,21,23). The summed E-state index contributed by atoms with van der Waals surface area (Å²) >= 11 is 9.40. The molecule has 23 heavy (non-hydrogen) atoms. The van der Waals surface area contributed by atoms with Gasteiger partial charge in [-0.1, -0.05) is 6.08 Å². The van der Waals surface area contributed by atoms with Crippen molar-refractivity contribution in [3.8, 4) is 11.8 Å². The van der Waals surface area contributed by atoms with Crippen LogP contribution in [0.2, 0.25) is 0 Å². The normalized spacial score (nSPS) is 10.4. The third-order valence-electron chi connectivity index (χ3n) is 2.60. The molecule has 0 aliphatic heterocycles. The van der Waals surface area contributed by atoms with Crippen molar-refractivity contribution < 1.29 is 10.2 Å². The fourth-order valence-corrected chi connectivity index (χ4v) is 1.97. The molecule has 2 aromatic rings. The fourth-order valence-electron chi connectivity index (χ4n) is 1.59. The maximum absolute atomic E-state index is 11.6. The van der Waals surface area contributed by atoms with Gasteiger partial charge in [0.1, 0.15) is 5.56 Å². The first kappa shape index (κ1) is 16.4. The number of aromatic hydroxyl groups is 2. The van der Waals surface area contributed by atoms with Crippen molar-refractivity contribution in [1.82, 2.24) is 19.9 Å². The van der Waals surface area contributed by atoms with Gasteiger partial charge in [0.15, 0.2) is 9.54 Å². The van der Waals surface area contributed by atoms with E-state index in [4.69, 9.17) is 24.4 Å². The van der Waals surface area contributed by atoms with Gasteiger partial charge in [-0.2, -0.15) is 0 Å². The maximum atomic E-state index is 11.6. The van der Waals surface area contributed by atoms with Crippen molar-refractivity contribution in [3.63, 3.8) is 0 Å². The average Bonchev–Trinajstić information content (AvgIpc) is 2.42. The van der Waals surface area contributed by atoms with Crippen LogP contribution < -0.4 is 11.1 Å². The van der Waals surface area contributed by atoms with Crippen LogP contribution in [0, 0.1) is 9.54 Å². The van der Waals surface area contributed by atoms with Crippen LogP contribution in [0.15, 0.2) is 27.5 Å². The number of hydrogen-bond acceptors (Lipinski definition) is 6. The highest BCUT2D eigenvalue weighted by molar-refractivity contribution is 7.71. The number of H-pyrrole nitrogens is 4. The average molecular weight is 350 g/mol. The van der Waals surface area contributed by atoms with E-state index < -0.39 is 11.1 Å². The van der Waals surface area contributed by atoms with E-state index in [1.54, 1.807) is 0 Å². The van der Waals surface area contributed by atoms with Gasteiger partial charge in [-0.15, -0.1) is 5.73 Å². The molecule has 8 nitrogen and oxygen atoms in total. The summed E-state index contributed by atoms with van der Waals surface area (Å²) in [6, 6.07) is 0. The van der Waals surface area contributed by atoms with Gasteiger partial charge in [-0.05, 0) is 42.7 Å². The molecule has 0 aromatic carbocycles. The van der Waals surface area contributed by atoms with Gasteiger partial charge in [0.05, 0.1) is 5.56 Å². The molecule has 6 N–H and O–H groups in total. The predicted octanol–water partition coefficient (Wildman–Crippen LogP) is 1.47. The van der Waals surface area contributed by atoms with E-state index in [-0.39, 0.29) is 32.4 Å². The molecule has 2 rings (SSSR count). The van der Waals surface area contributed by atoms with Crippen molar-refractivity contribution in [2.24, 2.45) is 0 Å². The molecule has 0 radical (unpaired) electrons. The van der Waals surface area contributed by atoms with Crippen LogP contribution in [0.3, 0.4) is 0 Å². The Hall–Kier alpha value is -2.94. The van der Waals surface area contributed by atoms with Gasteiger partial charge in [0.25, 0.3) is 11.1 Å². The van der Waals surface area contributed by atoms with Crippen molar-refractivity contribution in [1.29, 1.82) is 0 Å². The summed E-state index contributed by atoms with van der Waals surface area (Å²) in [6.07, 6.45) is 5.34. The minimum absolute atomic E-state index is 0.00432. The molecule has 0 spiro atoms. The minimum atomic E-state index is -0.569. The lowest BCUT2D eigenvalue weighted by Gasteiger charge is -1.96. The van der Waals surface area contributed by atoms with Gasteiger partial charge >= 0.3 is 0 Å². The summed E-state index contributed by atoms with van der Waals surface area (Å²) < 4.78 is 0.0147. The molecule has 0 saturated carbocycles. The summed E-state index contributed by atoms with van der Waals surface area (Å²) in [7, 11) is 0. The van der Waals surface area contributed by atoms with E-state index in [1.165, 1.54) is 24.3 Å². The smallest absolute Gasteiger partial charge is 0.263 e. The SMILES string of the molecule is O=c1[nH]c(=S)[nH]c(O)c1C=C=CC=Cc1c(O)[nH]c(=S)[nH]c1=O. The Bertz CT molecular complexity index is 1060. The Kier molecular flexibility index (Phi) is 4.91. The summed E-state index contributed by atoms with van der Waals surface area (Å²) in [5.74, 6) is -0.745. The van der Waals surface area contributed by atoms with E-state index >= 15 is 0 Å². The van der Waals surface area contributed by atoms with Crippen LogP contribution in [-0.2, 0) is 0 Å². The highest BCUT2D eigenvalue weighted by Gasteiger charge is 2.03. The van der Waals surface area contributed by atoms with Gasteiger partial charge < -0.3 is 20.2 Å². The van der Waals surface area contributed by atoms with Crippen LogP contribution in [0.25, 0.3) is 12.2 Å². The maximum Gasteiger partial charge on any atom is 0.263 e. The molecular formula is C13H10N4O4S2. The third kappa shape index (κ3) is 4.04. The third-order valence-corrected chi connectivity index (χ3v) is 3.01. The highest BCUT2D eigenvalue weighted by atomic mass is 32.1. The lowest BCUT2D eigenvalue weighted by Crippen LogP contribution is -2.10. The Morgan fingerprint density at radius 1 is 0.870 bits per heavy atom. The Labute approximate surface area is 138 Å². The minimum Gasteiger partial charge on any atom is -0.494 e. The number of hydrogen-bond donors (Lipinski definition) is 6. The molecule has 10 heteroatoms. The van der Waals surface area contributed by atoms with Crippen molar-refractivity contribution in [2.75, 3.05) is 0 Å². The zero-order chi connectivity index (χ0) is 17.0. The van der Waals surface area contributed by atoms with Gasteiger partial charge in [-0.25, -0.2) is 0 Å². The molecule has 2 heterocycles. The van der Waals surface area contributed by atoms with Crippen LogP contribution >= 0.6 is 24.4 Å². The topological polar surface area (TPSA) is 138 Å². The quantitative estimate of drug-likeness (QED) is 0.282. The van der Waals surface area contributed by atoms with Gasteiger partial charge in [0, 0.05) is 0 Å². The summed E-state index contributed by atoms with van der Waals surface area (Å²) in [5.41, 5.74) is 1.45. The molecular weight excluding hydrogens is 340 g/mol. The Morgan fingerprint density at radius 3 is 1.91 bits per heavy atom. The molecule has 0 aliphatic rings. The van der Waals surface area contributed by atoms with Crippen LogP contribution in [0.4, 0.5) is 0 Å².